The maximum absolute atomic E-state index is 12.7. The highest BCUT2D eigenvalue weighted by Gasteiger charge is 2.35. The third-order valence-electron chi connectivity index (χ3n) is 5.03. The normalized spacial score (nSPS) is 17.3. The van der Waals surface area contributed by atoms with Crippen LogP contribution in [0.2, 0.25) is 5.02 Å². The number of carboxylic acids is 1. The molecule has 0 radical (unpaired) electrons. The summed E-state index contributed by atoms with van der Waals surface area (Å²) in [6, 6.07) is 10.5. The maximum atomic E-state index is 12.7. The molecular weight excluding hydrogens is 458 g/mol. The number of carbonyl (C=O) groups excluding carboxylic acids is 2. The lowest BCUT2D eigenvalue weighted by Gasteiger charge is -2.17. The minimum Gasteiger partial charge on any atom is -0.480 e. The first-order valence-electron chi connectivity index (χ1n) is 9.81. The van der Waals surface area contributed by atoms with Crippen LogP contribution in [0.15, 0.2) is 53.4 Å². The van der Waals surface area contributed by atoms with E-state index in [4.69, 9.17) is 11.6 Å². The van der Waals surface area contributed by atoms with Crippen LogP contribution in [0.5, 0.6) is 0 Å². The molecule has 2 atom stereocenters. The van der Waals surface area contributed by atoms with Gasteiger partial charge in [0.05, 0.1) is 4.90 Å². The summed E-state index contributed by atoms with van der Waals surface area (Å²) < 4.78 is 27.6. The van der Waals surface area contributed by atoms with E-state index < -0.39 is 40.0 Å². The molecule has 3 N–H and O–H groups in total. The number of amides is 3. The number of halogens is 1. The molecule has 2 unspecified atom stereocenters. The largest absolute Gasteiger partial charge is 0.480 e. The number of hydrogen-bond donors (Lipinski definition) is 3. The van der Waals surface area contributed by atoms with Gasteiger partial charge in [-0.15, -0.1) is 0 Å². The Kier molecular flexibility index (Phi) is 7.17. The monoisotopic (exact) mass is 479 g/mol. The number of benzene rings is 2. The molecule has 0 aliphatic carbocycles. The molecule has 1 fully saturated rings. The average molecular weight is 480 g/mol. The summed E-state index contributed by atoms with van der Waals surface area (Å²) in [4.78, 5) is 36.1. The standard InChI is InChI=1S/C21H22ClN3O6S/c1-13-19(26)25(21(29)23-13)12-2-3-18(20(27)28)24-32(30,31)17-10-6-15(7-11-17)14-4-8-16(22)9-5-14/h4-11,13,18,24H,2-3,12H2,1H3,(H,23,29)(H,27,28). The van der Waals surface area contributed by atoms with Crippen molar-refractivity contribution >= 4 is 39.5 Å². The van der Waals surface area contributed by atoms with Gasteiger partial charge < -0.3 is 10.4 Å². The van der Waals surface area contributed by atoms with Crippen LogP contribution in [-0.2, 0) is 19.6 Å². The van der Waals surface area contributed by atoms with Crippen LogP contribution in [-0.4, -0.2) is 55.0 Å². The number of nitrogens with zero attached hydrogens (tertiary/aromatic N) is 1. The number of sulfonamides is 1. The van der Waals surface area contributed by atoms with Crippen molar-refractivity contribution in [3.63, 3.8) is 0 Å². The van der Waals surface area contributed by atoms with Gasteiger partial charge in [-0.1, -0.05) is 35.9 Å². The van der Waals surface area contributed by atoms with Crippen molar-refractivity contribution in [2.24, 2.45) is 0 Å². The molecule has 3 rings (SSSR count). The zero-order valence-corrected chi connectivity index (χ0v) is 18.7. The summed E-state index contributed by atoms with van der Waals surface area (Å²) in [6.07, 6.45) is 0.0315. The number of carbonyl (C=O) groups is 3. The van der Waals surface area contributed by atoms with Crippen LogP contribution in [0.1, 0.15) is 19.8 Å². The van der Waals surface area contributed by atoms with Gasteiger partial charge in [0.2, 0.25) is 10.0 Å². The van der Waals surface area contributed by atoms with E-state index in [1.165, 1.54) is 12.1 Å². The number of hydrogen-bond acceptors (Lipinski definition) is 5. The fourth-order valence-electron chi connectivity index (χ4n) is 3.28. The number of carboxylic acid groups (broad SMARTS) is 1. The summed E-state index contributed by atoms with van der Waals surface area (Å²) in [5, 5.41) is 12.5. The van der Waals surface area contributed by atoms with Crippen molar-refractivity contribution in [2.75, 3.05) is 6.54 Å². The van der Waals surface area contributed by atoms with E-state index in [0.717, 1.165) is 16.0 Å². The van der Waals surface area contributed by atoms with Gasteiger partial charge in [-0.25, -0.2) is 13.2 Å². The quantitative estimate of drug-likeness (QED) is 0.473. The van der Waals surface area contributed by atoms with Crippen LogP contribution >= 0.6 is 11.6 Å². The Morgan fingerprint density at radius 1 is 1.12 bits per heavy atom. The predicted octanol–water partition coefficient (Wildman–Crippen LogP) is 2.46. The average Bonchev–Trinajstić information content (AvgIpc) is 2.99. The SMILES string of the molecule is CC1NC(=O)N(CCCC(NS(=O)(=O)c2ccc(-c3ccc(Cl)cc3)cc2)C(=O)O)C1=O. The Labute approximate surface area is 190 Å². The molecule has 0 saturated carbocycles. The summed E-state index contributed by atoms with van der Waals surface area (Å²) in [5.74, 6) is -1.75. The van der Waals surface area contributed by atoms with Gasteiger partial charge in [-0.2, -0.15) is 4.72 Å². The Balaban J connectivity index is 1.64. The fraction of sp³-hybridized carbons (Fsp3) is 0.286. The van der Waals surface area contributed by atoms with Gasteiger partial charge in [-0.05, 0) is 55.2 Å². The fourth-order valence-corrected chi connectivity index (χ4v) is 4.63. The molecule has 0 bridgehead atoms. The lowest BCUT2D eigenvalue weighted by atomic mass is 10.1. The van der Waals surface area contributed by atoms with E-state index >= 15 is 0 Å². The first-order chi connectivity index (χ1) is 15.1. The minimum atomic E-state index is -4.10. The molecule has 2 aromatic carbocycles. The van der Waals surface area contributed by atoms with Gasteiger partial charge in [-0.3, -0.25) is 14.5 Å². The number of imide groups is 1. The zero-order valence-electron chi connectivity index (χ0n) is 17.1. The van der Waals surface area contributed by atoms with Crippen molar-refractivity contribution < 1.29 is 27.9 Å². The Hall–Kier alpha value is -2.95. The summed E-state index contributed by atoms with van der Waals surface area (Å²) >= 11 is 5.88. The van der Waals surface area contributed by atoms with Crippen molar-refractivity contribution in [3.05, 3.63) is 53.6 Å². The second-order valence-electron chi connectivity index (χ2n) is 7.35. The lowest BCUT2D eigenvalue weighted by molar-refractivity contribution is -0.139. The third-order valence-corrected chi connectivity index (χ3v) is 6.77. The second kappa shape index (κ2) is 9.68. The molecule has 1 heterocycles. The summed E-state index contributed by atoms with van der Waals surface area (Å²) in [7, 11) is -4.10. The van der Waals surface area contributed by atoms with E-state index in [0.29, 0.717) is 5.02 Å². The molecule has 0 spiro atoms. The smallest absolute Gasteiger partial charge is 0.324 e. The second-order valence-corrected chi connectivity index (χ2v) is 9.50. The Morgan fingerprint density at radius 2 is 1.69 bits per heavy atom. The summed E-state index contributed by atoms with van der Waals surface area (Å²) in [6.45, 7) is 1.54. The molecular formula is C21H22ClN3O6S. The molecule has 32 heavy (non-hydrogen) atoms. The molecule has 1 aliphatic heterocycles. The van der Waals surface area contributed by atoms with E-state index in [1.54, 1.807) is 43.3 Å². The molecule has 1 aliphatic rings. The third kappa shape index (κ3) is 5.45. The van der Waals surface area contributed by atoms with Gasteiger partial charge in [0.25, 0.3) is 5.91 Å². The van der Waals surface area contributed by atoms with Gasteiger partial charge in [0.1, 0.15) is 12.1 Å². The maximum Gasteiger partial charge on any atom is 0.324 e. The van der Waals surface area contributed by atoms with Crippen molar-refractivity contribution in [1.82, 2.24) is 14.9 Å². The van der Waals surface area contributed by atoms with Crippen molar-refractivity contribution in [3.8, 4) is 11.1 Å². The number of urea groups is 1. The Bertz CT molecular complexity index is 1120. The van der Waals surface area contributed by atoms with Gasteiger partial charge in [0.15, 0.2) is 0 Å². The van der Waals surface area contributed by atoms with Crippen LogP contribution in [0.4, 0.5) is 4.79 Å². The molecule has 3 amide bonds. The first kappa shape index (κ1) is 23.7. The van der Waals surface area contributed by atoms with Gasteiger partial charge >= 0.3 is 12.0 Å². The lowest BCUT2D eigenvalue weighted by Crippen LogP contribution is -2.41. The highest BCUT2D eigenvalue weighted by atomic mass is 35.5. The molecule has 11 heteroatoms. The Morgan fingerprint density at radius 3 is 2.19 bits per heavy atom. The van der Waals surface area contributed by atoms with Crippen LogP contribution in [0.3, 0.4) is 0 Å². The van der Waals surface area contributed by atoms with E-state index in [-0.39, 0.29) is 24.3 Å². The topological polar surface area (TPSA) is 133 Å². The molecule has 1 saturated heterocycles. The van der Waals surface area contributed by atoms with E-state index in [2.05, 4.69) is 10.0 Å². The van der Waals surface area contributed by atoms with Crippen molar-refractivity contribution in [2.45, 2.75) is 36.7 Å². The number of nitrogens with one attached hydrogen (secondary N) is 2. The van der Waals surface area contributed by atoms with Crippen LogP contribution in [0.25, 0.3) is 11.1 Å². The van der Waals surface area contributed by atoms with Crippen LogP contribution in [0, 0.1) is 0 Å². The number of rotatable bonds is 9. The molecule has 170 valence electrons. The van der Waals surface area contributed by atoms with Crippen LogP contribution < -0.4 is 10.0 Å². The van der Waals surface area contributed by atoms with Gasteiger partial charge in [0, 0.05) is 11.6 Å². The molecule has 0 aromatic heterocycles. The molecule has 2 aromatic rings. The highest BCUT2D eigenvalue weighted by Crippen LogP contribution is 2.23. The number of aliphatic carboxylic acids is 1. The zero-order chi connectivity index (χ0) is 23.5. The molecule has 9 nitrogen and oxygen atoms in total. The summed E-state index contributed by atoms with van der Waals surface area (Å²) in [5.41, 5.74) is 1.63. The van der Waals surface area contributed by atoms with E-state index in [9.17, 15) is 27.9 Å². The first-order valence-corrected chi connectivity index (χ1v) is 11.7. The highest BCUT2D eigenvalue weighted by molar-refractivity contribution is 7.89. The van der Waals surface area contributed by atoms with E-state index in [1.807, 2.05) is 0 Å². The minimum absolute atomic E-state index is 0.00367. The predicted molar refractivity (Wildman–Crippen MR) is 118 cm³/mol. The van der Waals surface area contributed by atoms with Crippen molar-refractivity contribution in [1.29, 1.82) is 0 Å².